The molecule has 0 saturated carbocycles. The number of aromatic nitrogens is 1. The average Bonchev–Trinajstić information content (AvgIpc) is 3.38. The Morgan fingerprint density at radius 2 is 1.71 bits per heavy atom. The first-order chi connectivity index (χ1) is 18.5. The zero-order chi connectivity index (χ0) is 27.4. The summed E-state index contributed by atoms with van der Waals surface area (Å²) in [7, 11) is -2.44. The number of carbonyl (C=O) groups excluding carboxylic acids is 1. The second-order valence-electron chi connectivity index (χ2n) is 7.62. The van der Waals surface area contributed by atoms with E-state index >= 15 is 0 Å². The van der Waals surface area contributed by atoms with Crippen LogP contribution in [0.15, 0.2) is 65.1 Å². The molecule has 1 heterocycles. The number of carbonyl (C=O) groups is 1. The van der Waals surface area contributed by atoms with Crippen LogP contribution in [0.5, 0.6) is 5.75 Å². The van der Waals surface area contributed by atoms with Crippen LogP contribution in [0.3, 0.4) is 0 Å². The summed E-state index contributed by atoms with van der Waals surface area (Å²) in [5, 5.41) is 8.95. The highest BCUT2D eigenvalue weighted by molar-refractivity contribution is 7.54. The molecule has 1 aromatic heterocycles. The summed E-state index contributed by atoms with van der Waals surface area (Å²) in [6.07, 6.45) is 0. The number of para-hydroxylation sites is 1. The number of benzene rings is 2. The maximum absolute atomic E-state index is 14.1. The smallest absolute Gasteiger partial charge is 0.362 e. The molecule has 0 aliphatic carbocycles. The minimum atomic E-state index is -3.77. The van der Waals surface area contributed by atoms with E-state index in [4.69, 9.17) is 23.4 Å². The molecule has 0 spiro atoms. The Kier molecular flexibility index (Phi) is 11.3. The monoisotopic (exact) mass is 561 g/mol. The van der Waals surface area contributed by atoms with Crippen LogP contribution in [0.25, 0.3) is 0 Å². The Bertz CT molecular complexity index is 1240. The van der Waals surface area contributed by atoms with Gasteiger partial charge in [-0.05, 0) is 32.4 Å². The maximum atomic E-state index is 14.1. The predicted octanol–water partition coefficient (Wildman–Crippen LogP) is 6.01. The highest BCUT2D eigenvalue weighted by Crippen LogP contribution is 2.62. The SMILES string of the molecule is CCOC(=O)/C(=N/OC)c1csc(NC(c2ccccc2OCc2ccccc2)P(=O)(OCC)OCC)n1. The van der Waals surface area contributed by atoms with Crippen molar-refractivity contribution in [3.63, 3.8) is 0 Å². The second-order valence-corrected chi connectivity index (χ2v) is 10.6. The number of nitrogens with zero attached hydrogens (tertiary/aromatic N) is 2. The van der Waals surface area contributed by atoms with Crippen molar-refractivity contribution >= 4 is 35.7 Å². The highest BCUT2D eigenvalue weighted by atomic mass is 32.1. The van der Waals surface area contributed by atoms with Crippen LogP contribution in [0, 0.1) is 0 Å². The van der Waals surface area contributed by atoms with Crippen molar-refractivity contribution in [1.82, 2.24) is 4.98 Å². The third-order valence-electron chi connectivity index (χ3n) is 5.04. The third kappa shape index (κ3) is 7.64. The predicted molar refractivity (Wildman–Crippen MR) is 147 cm³/mol. The van der Waals surface area contributed by atoms with Crippen LogP contribution < -0.4 is 10.1 Å². The molecule has 0 bridgehead atoms. The molecule has 0 radical (unpaired) electrons. The van der Waals surface area contributed by atoms with Crippen LogP contribution in [0.4, 0.5) is 5.13 Å². The summed E-state index contributed by atoms with van der Waals surface area (Å²) in [4.78, 5) is 21.7. The summed E-state index contributed by atoms with van der Waals surface area (Å²) in [5.41, 5.74) is 1.71. The van der Waals surface area contributed by atoms with E-state index < -0.39 is 19.3 Å². The van der Waals surface area contributed by atoms with E-state index in [9.17, 15) is 9.36 Å². The van der Waals surface area contributed by atoms with E-state index in [1.807, 2.05) is 42.5 Å². The maximum Gasteiger partial charge on any atom is 0.362 e. The van der Waals surface area contributed by atoms with Crippen molar-refractivity contribution in [3.8, 4) is 5.75 Å². The van der Waals surface area contributed by atoms with E-state index in [1.165, 1.54) is 18.4 Å². The van der Waals surface area contributed by atoms with Crippen LogP contribution in [0.1, 0.15) is 43.4 Å². The normalized spacial score (nSPS) is 12.6. The summed E-state index contributed by atoms with van der Waals surface area (Å²) < 4.78 is 36.7. The molecule has 38 heavy (non-hydrogen) atoms. The first-order valence-electron chi connectivity index (χ1n) is 12.1. The second kappa shape index (κ2) is 14.6. The van der Waals surface area contributed by atoms with Gasteiger partial charge >= 0.3 is 13.6 Å². The largest absolute Gasteiger partial charge is 0.489 e. The summed E-state index contributed by atoms with van der Waals surface area (Å²) in [6, 6.07) is 17.0. The molecule has 12 heteroatoms. The number of oxime groups is 1. The Balaban J connectivity index is 1.99. The number of rotatable bonds is 15. The summed E-state index contributed by atoms with van der Waals surface area (Å²) in [5.74, 6) is -1.12. The first-order valence-corrected chi connectivity index (χ1v) is 14.6. The van der Waals surface area contributed by atoms with Crippen LogP contribution in [0.2, 0.25) is 0 Å². The van der Waals surface area contributed by atoms with Crippen molar-refractivity contribution in [1.29, 1.82) is 0 Å². The van der Waals surface area contributed by atoms with Crippen LogP contribution in [-0.4, -0.2) is 43.6 Å². The van der Waals surface area contributed by atoms with Gasteiger partial charge in [-0.25, -0.2) is 9.78 Å². The van der Waals surface area contributed by atoms with E-state index in [2.05, 4.69) is 15.5 Å². The standard InChI is InChI=1S/C26H32N3O7PS/c1-5-33-25(30)23(29-32-4)21-18-38-26(27-21)28-24(37(31,35-6-2)36-7-3)20-15-11-12-16-22(20)34-17-19-13-9-8-10-14-19/h8-16,18,24H,5-7,17H2,1-4H3,(H,27,28)/b29-23+. The lowest BCUT2D eigenvalue weighted by Gasteiger charge is -2.28. The van der Waals surface area contributed by atoms with E-state index in [0.29, 0.717) is 23.1 Å². The van der Waals surface area contributed by atoms with Gasteiger partial charge in [0.25, 0.3) is 0 Å². The molecule has 0 amide bonds. The summed E-state index contributed by atoms with van der Waals surface area (Å²) >= 11 is 1.19. The Labute approximate surface area is 226 Å². The fourth-order valence-electron chi connectivity index (χ4n) is 3.49. The fourth-order valence-corrected chi connectivity index (χ4v) is 6.23. The number of esters is 1. The quantitative estimate of drug-likeness (QED) is 0.103. The van der Waals surface area contributed by atoms with Crippen LogP contribution >= 0.6 is 18.9 Å². The molecule has 204 valence electrons. The Morgan fingerprint density at radius 1 is 1.03 bits per heavy atom. The molecule has 0 fully saturated rings. The zero-order valence-electron chi connectivity index (χ0n) is 21.8. The van der Waals surface area contributed by atoms with Gasteiger partial charge in [0.05, 0.1) is 19.8 Å². The van der Waals surface area contributed by atoms with Crippen molar-refractivity contribution < 1.29 is 32.7 Å². The molecule has 0 saturated heterocycles. The van der Waals surface area contributed by atoms with Gasteiger partial charge in [-0.1, -0.05) is 53.7 Å². The first kappa shape index (κ1) is 29.3. The molecule has 2 aromatic carbocycles. The lowest BCUT2D eigenvalue weighted by atomic mass is 10.2. The number of hydrogen-bond acceptors (Lipinski definition) is 11. The van der Waals surface area contributed by atoms with Crippen LogP contribution in [-0.2, 0) is 34.6 Å². The Hall–Kier alpha value is -3.24. The van der Waals surface area contributed by atoms with Gasteiger partial charge in [0.15, 0.2) is 10.9 Å². The summed E-state index contributed by atoms with van der Waals surface area (Å²) in [6.45, 7) is 6.00. The molecule has 3 rings (SSSR count). The van der Waals surface area contributed by atoms with E-state index in [0.717, 1.165) is 5.56 Å². The van der Waals surface area contributed by atoms with Gasteiger partial charge in [-0.3, -0.25) is 4.57 Å². The molecule has 1 atom stereocenters. The van der Waals surface area contributed by atoms with Gasteiger partial charge in [0.1, 0.15) is 25.2 Å². The number of anilines is 1. The van der Waals surface area contributed by atoms with Crippen molar-refractivity contribution in [2.24, 2.45) is 5.16 Å². The molecular weight excluding hydrogens is 529 g/mol. The van der Waals surface area contributed by atoms with Gasteiger partial charge in [-0.15, -0.1) is 11.3 Å². The topological polar surface area (TPSA) is 118 Å². The number of nitrogens with one attached hydrogen (secondary N) is 1. The van der Waals surface area contributed by atoms with Crippen molar-refractivity contribution in [2.75, 3.05) is 32.2 Å². The van der Waals surface area contributed by atoms with Crippen molar-refractivity contribution in [3.05, 3.63) is 76.8 Å². The minimum Gasteiger partial charge on any atom is -0.489 e. The lowest BCUT2D eigenvalue weighted by Crippen LogP contribution is -2.20. The fraction of sp³-hybridized carbons (Fsp3) is 0.346. The Morgan fingerprint density at radius 3 is 2.37 bits per heavy atom. The van der Waals surface area contributed by atoms with E-state index in [1.54, 1.807) is 38.3 Å². The van der Waals surface area contributed by atoms with Gasteiger partial charge in [0, 0.05) is 10.9 Å². The highest BCUT2D eigenvalue weighted by Gasteiger charge is 2.39. The molecule has 3 aromatic rings. The molecule has 1 unspecified atom stereocenters. The number of thiazole rings is 1. The molecule has 0 aliphatic rings. The van der Waals surface area contributed by atoms with Gasteiger partial charge in [0.2, 0.25) is 5.71 Å². The molecule has 0 aliphatic heterocycles. The van der Waals surface area contributed by atoms with E-state index in [-0.39, 0.29) is 31.2 Å². The lowest BCUT2D eigenvalue weighted by molar-refractivity contribution is -0.135. The molecule has 10 nitrogen and oxygen atoms in total. The van der Waals surface area contributed by atoms with Crippen molar-refractivity contribution in [2.45, 2.75) is 33.2 Å². The number of ether oxygens (including phenoxy) is 2. The number of hydrogen-bond donors (Lipinski definition) is 1. The third-order valence-corrected chi connectivity index (χ3v) is 8.09. The molecular formula is C26H32N3O7PS. The average molecular weight is 562 g/mol. The van der Waals surface area contributed by atoms with Gasteiger partial charge < -0.3 is 28.7 Å². The zero-order valence-corrected chi connectivity index (χ0v) is 23.5. The van der Waals surface area contributed by atoms with Gasteiger partial charge in [-0.2, -0.15) is 0 Å². The minimum absolute atomic E-state index is 0.0837. The molecule has 1 N–H and O–H groups in total.